The van der Waals surface area contributed by atoms with Crippen LogP contribution in [-0.2, 0) is 16.0 Å². The molecule has 0 fully saturated rings. The summed E-state index contributed by atoms with van der Waals surface area (Å²) >= 11 is 0. The number of hydrogen-bond acceptors (Lipinski definition) is 6. The van der Waals surface area contributed by atoms with E-state index in [0.717, 1.165) is 5.56 Å². The van der Waals surface area contributed by atoms with Gasteiger partial charge in [-0.2, -0.15) is 4.98 Å². The SMILES string of the molecule is CCc1noc(-c2cccc(OCC(=O)Nc3ccc(NC(C)=O)cc3)c2)n1. The van der Waals surface area contributed by atoms with E-state index < -0.39 is 0 Å². The molecule has 3 aromatic rings. The first-order valence-corrected chi connectivity index (χ1v) is 8.77. The van der Waals surface area contributed by atoms with Gasteiger partial charge < -0.3 is 19.9 Å². The molecule has 2 amide bonds. The van der Waals surface area contributed by atoms with Crippen LogP contribution in [0.5, 0.6) is 5.75 Å². The molecule has 2 aromatic carbocycles. The maximum atomic E-state index is 12.1. The first-order chi connectivity index (χ1) is 13.5. The summed E-state index contributed by atoms with van der Waals surface area (Å²) in [6.45, 7) is 3.23. The predicted octanol–water partition coefficient (Wildman–Crippen LogP) is 3.27. The van der Waals surface area contributed by atoms with Crippen molar-refractivity contribution in [3.63, 3.8) is 0 Å². The van der Waals surface area contributed by atoms with Crippen molar-refractivity contribution in [2.24, 2.45) is 0 Å². The van der Waals surface area contributed by atoms with Gasteiger partial charge in [-0.05, 0) is 42.5 Å². The standard InChI is InChI=1S/C20H20N4O4/c1-3-18-23-20(28-24-18)14-5-4-6-17(11-14)27-12-19(26)22-16-9-7-15(8-10-16)21-13(2)25/h4-11H,3,12H2,1-2H3,(H,21,25)(H,22,26). The molecule has 0 saturated heterocycles. The molecule has 0 bridgehead atoms. The zero-order valence-corrected chi connectivity index (χ0v) is 15.6. The third-order valence-corrected chi connectivity index (χ3v) is 3.72. The lowest BCUT2D eigenvalue weighted by Crippen LogP contribution is -2.20. The highest BCUT2D eigenvalue weighted by Crippen LogP contribution is 2.22. The van der Waals surface area contributed by atoms with Crippen LogP contribution in [0, 0.1) is 0 Å². The lowest BCUT2D eigenvalue weighted by Gasteiger charge is -2.09. The molecule has 0 spiro atoms. The van der Waals surface area contributed by atoms with Crippen LogP contribution in [0.4, 0.5) is 11.4 Å². The first kappa shape index (κ1) is 19.1. The molecule has 0 aliphatic carbocycles. The van der Waals surface area contributed by atoms with E-state index in [0.29, 0.717) is 35.3 Å². The molecule has 28 heavy (non-hydrogen) atoms. The number of hydrogen-bond donors (Lipinski definition) is 2. The van der Waals surface area contributed by atoms with Crippen molar-refractivity contribution in [3.05, 3.63) is 54.4 Å². The number of carbonyl (C=O) groups is 2. The van der Waals surface area contributed by atoms with Gasteiger partial charge in [0.05, 0.1) is 0 Å². The first-order valence-electron chi connectivity index (χ1n) is 8.77. The van der Waals surface area contributed by atoms with E-state index in [2.05, 4.69) is 20.8 Å². The van der Waals surface area contributed by atoms with E-state index in [9.17, 15) is 9.59 Å². The Balaban J connectivity index is 1.55. The maximum Gasteiger partial charge on any atom is 0.262 e. The Kier molecular flexibility index (Phi) is 6.01. The zero-order chi connectivity index (χ0) is 19.9. The Bertz CT molecular complexity index is 966. The molecule has 0 saturated carbocycles. The third-order valence-electron chi connectivity index (χ3n) is 3.72. The van der Waals surface area contributed by atoms with Crippen LogP contribution >= 0.6 is 0 Å². The van der Waals surface area contributed by atoms with E-state index in [1.807, 2.05) is 13.0 Å². The minimum absolute atomic E-state index is 0.152. The molecular formula is C20H20N4O4. The van der Waals surface area contributed by atoms with Crippen molar-refractivity contribution in [1.29, 1.82) is 0 Å². The van der Waals surface area contributed by atoms with Crippen LogP contribution in [0.1, 0.15) is 19.7 Å². The summed E-state index contributed by atoms with van der Waals surface area (Å²) in [5.74, 6) is 1.10. The summed E-state index contributed by atoms with van der Waals surface area (Å²) in [6.07, 6.45) is 0.686. The molecule has 8 heteroatoms. The van der Waals surface area contributed by atoms with E-state index in [1.165, 1.54) is 6.92 Å². The summed E-state index contributed by atoms with van der Waals surface area (Å²) in [6, 6.07) is 13.9. The number of rotatable bonds is 7. The van der Waals surface area contributed by atoms with Gasteiger partial charge in [-0.15, -0.1) is 0 Å². The average Bonchev–Trinajstić information content (AvgIpc) is 3.17. The molecule has 1 aromatic heterocycles. The summed E-state index contributed by atoms with van der Waals surface area (Å²) in [4.78, 5) is 27.4. The second-order valence-corrected chi connectivity index (χ2v) is 5.99. The summed E-state index contributed by atoms with van der Waals surface area (Å²) in [7, 11) is 0. The molecule has 0 unspecified atom stereocenters. The highest BCUT2D eigenvalue weighted by Gasteiger charge is 2.10. The van der Waals surface area contributed by atoms with E-state index in [1.54, 1.807) is 42.5 Å². The van der Waals surface area contributed by atoms with E-state index in [-0.39, 0.29) is 18.4 Å². The number of amides is 2. The van der Waals surface area contributed by atoms with Crippen molar-refractivity contribution in [1.82, 2.24) is 10.1 Å². The number of aromatic nitrogens is 2. The number of anilines is 2. The Morgan fingerprint density at radius 2 is 1.79 bits per heavy atom. The molecule has 144 valence electrons. The molecular weight excluding hydrogens is 360 g/mol. The van der Waals surface area contributed by atoms with Crippen molar-refractivity contribution in [3.8, 4) is 17.2 Å². The van der Waals surface area contributed by atoms with Crippen LogP contribution in [0.15, 0.2) is 53.1 Å². The van der Waals surface area contributed by atoms with Gasteiger partial charge in [0.15, 0.2) is 12.4 Å². The van der Waals surface area contributed by atoms with Gasteiger partial charge in [-0.3, -0.25) is 9.59 Å². The molecule has 0 atom stereocenters. The lowest BCUT2D eigenvalue weighted by molar-refractivity contribution is -0.118. The molecule has 0 radical (unpaired) electrons. The van der Waals surface area contributed by atoms with Crippen molar-refractivity contribution < 1.29 is 18.8 Å². The van der Waals surface area contributed by atoms with Crippen LogP contribution in [0.25, 0.3) is 11.5 Å². The van der Waals surface area contributed by atoms with Gasteiger partial charge >= 0.3 is 0 Å². The van der Waals surface area contributed by atoms with E-state index in [4.69, 9.17) is 9.26 Å². The highest BCUT2D eigenvalue weighted by atomic mass is 16.5. The fraction of sp³-hybridized carbons (Fsp3) is 0.200. The van der Waals surface area contributed by atoms with Gasteiger partial charge in [0.2, 0.25) is 5.91 Å². The number of nitrogens with one attached hydrogen (secondary N) is 2. The van der Waals surface area contributed by atoms with Crippen LogP contribution < -0.4 is 15.4 Å². The smallest absolute Gasteiger partial charge is 0.262 e. The number of aryl methyl sites for hydroxylation is 1. The number of carbonyl (C=O) groups excluding carboxylic acids is 2. The topological polar surface area (TPSA) is 106 Å². The Labute approximate surface area is 161 Å². The van der Waals surface area contributed by atoms with Crippen LogP contribution in [-0.4, -0.2) is 28.6 Å². The zero-order valence-electron chi connectivity index (χ0n) is 15.6. The highest BCUT2D eigenvalue weighted by molar-refractivity contribution is 5.93. The quantitative estimate of drug-likeness (QED) is 0.651. The van der Waals surface area contributed by atoms with Crippen LogP contribution in [0.2, 0.25) is 0 Å². The minimum atomic E-state index is -0.302. The summed E-state index contributed by atoms with van der Waals surface area (Å²) in [5.41, 5.74) is 1.99. The fourth-order valence-electron chi connectivity index (χ4n) is 2.42. The van der Waals surface area contributed by atoms with Crippen molar-refractivity contribution in [2.45, 2.75) is 20.3 Å². The maximum absolute atomic E-state index is 12.1. The third kappa shape index (κ3) is 5.16. The van der Waals surface area contributed by atoms with E-state index >= 15 is 0 Å². The Hall–Kier alpha value is -3.68. The molecule has 8 nitrogen and oxygen atoms in total. The van der Waals surface area contributed by atoms with Crippen LogP contribution in [0.3, 0.4) is 0 Å². The van der Waals surface area contributed by atoms with Crippen molar-refractivity contribution >= 4 is 23.2 Å². The minimum Gasteiger partial charge on any atom is -0.484 e. The Morgan fingerprint density at radius 1 is 1.07 bits per heavy atom. The number of ether oxygens (including phenoxy) is 1. The Morgan fingerprint density at radius 3 is 2.43 bits per heavy atom. The summed E-state index contributed by atoms with van der Waals surface area (Å²) < 4.78 is 10.8. The number of benzene rings is 2. The molecule has 0 aliphatic heterocycles. The molecule has 0 aliphatic rings. The van der Waals surface area contributed by atoms with Gasteiger partial charge in [0, 0.05) is 30.3 Å². The van der Waals surface area contributed by atoms with Crippen molar-refractivity contribution in [2.75, 3.05) is 17.2 Å². The molecule has 2 N–H and O–H groups in total. The average molecular weight is 380 g/mol. The molecule has 1 heterocycles. The number of nitrogens with zero attached hydrogens (tertiary/aromatic N) is 2. The second kappa shape index (κ2) is 8.81. The van der Waals surface area contributed by atoms with Gasteiger partial charge in [0.1, 0.15) is 5.75 Å². The fourth-order valence-corrected chi connectivity index (χ4v) is 2.42. The van der Waals surface area contributed by atoms with Gasteiger partial charge in [-0.25, -0.2) is 0 Å². The monoisotopic (exact) mass is 380 g/mol. The summed E-state index contributed by atoms with van der Waals surface area (Å²) in [5, 5.41) is 9.26. The largest absolute Gasteiger partial charge is 0.484 e. The second-order valence-electron chi connectivity index (χ2n) is 5.99. The lowest BCUT2D eigenvalue weighted by atomic mass is 10.2. The predicted molar refractivity (Wildman–Crippen MR) is 104 cm³/mol. The van der Waals surface area contributed by atoms with Gasteiger partial charge in [-0.1, -0.05) is 18.1 Å². The molecule has 3 rings (SSSR count). The normalized spacial score (nSPS) is 10.4. The van der Waals surface area contributed by atoms with Gasteiger partial charge in [0.25, 0.3) is 11.8 Å².